The molecule has 162 valence electrons. The fourth-order valence-corrected chi connectivity index (χ4v) is 4.53. The van der Waals surface area contributed by atoms with Gasteiger partial charge in [0.25, 0.3) is 5.91 Å². The molecule has 2 aromatic heterocycles. The highest BCUT2D eigenvalue weighted by molar-refractivity contribution is 7.19. The molecular weight excluding hydrogens is 414 g/mol. The second-order valence-corrected chi connectivity index (χ2v) is 8.97. The Hall–Kier alpha value is -3.20. The number of likely N-dealkylation sites (tertiary alicyclic amines) is 1. The number of aromatic nitrogens is 2. The number of thiophene rings is 1. The van der Waals surface area contributed by atoms with Crippen LogP contribution >= 0.6 is 11.3 Å². The molecule has 3 heterocycles. The minimum absolute atomic E-state index is 0.00320. The zero-order valence-corrected chi connectivity index (χ0v) is 18.7. The average molecular weight is 440 g/mol. The molecule has 1 saturated heterocycles. The van der Waals surface area contributed by atoms with E-state index in [1.165, 1.54) is 18.3 Å². The SMILES string of the molecule is COc1ccc([C@H](C)Nc2nc(C(=O)N3CC(NC(C)=O)C3)c3sc(C)cc3n2)cc1. The van der Waals surface area contributed by atoms with E-state index in [1.807, 2.05) is 44.2 Å². The molecule has 4 rings (SSSR count). The minimum atomic E-state index is -0.143. The Labute approximate surface area is 184 Å². The number of methoxy groups -OCH3 is 1. The summed E-state index contributed by atoms with van der Waals surface area (Å²) >= 11 is 1.51. The maximum absolute atomic E-state index is 13.1. The number of nitrogens with zero attached hydrogens (tertiary/aromatic N) is 3. The molecule has 1 fully saturated rings. The Morgan fingerprint density at radius 1 is 1.23 bits per heavy atom. The molecule has 9 heteroatoms. The quantitative estimate of drug-likeness (QED) is 0.613. The number of nitrogens with one attached hydrogen (secondary N) is 2. The van der Waals surface area contributed by atoms with Crippen LogP contribution in [0.2, 0.25) is 0 Å². The van der Waals surface area contributed by atoms with Crippen LogP contribution in [0.4, 0.5) is 5.95 Å². The van der Waals surface area contributed by atoms with Crippen LogP contribution in [-0.2, 0) is 4.79 Å². The topological polar surface area (TPSA) is 96.5 Å². The molecule has 1 aliphatic rings. The van der Waals surface area contributed by atoms with Crippen molar-refractivity contribution in [3.8, 4) is 5.75 Å². The van der Waals surface area contributed by atoms with Gasteiger partial charge < -0.3 is 20.3 Å². The molecule has 3 aromatic rings. The van der Waals surface area contributed by atoms with E-state index in [9.17, 15) is 9.59 Å². The first-order valence-electron chi connectivity index (χ1n) is 10.1. The molecule has 1 aromatic carbocycles. The summed E-state index contributed by atoms with van der Waals surface area (Å²) in [5.74, 6) is 0.976. The zero-order valence-electron chi connectivity index (χ0n) is 17.9. The van der Waals surface area contributed by atoms with Gasteiger partial charge in [-0.3, -0.25) is 9.59 Å². The predicted molar refractivity (Wildman–Crippen MR) is 121 cm³/mol. The highest BCUT2D eigenvalue weighted by atomic mass is 32.1. The smallest absolute Gasteiger partial charge is 0.274 e. The lowest BCUT2D eigenvalue weighted by Gasteiger charge is -2.39. The number of hydrogen-bond acceptors (Lipinski definition) is 7. The largest absolute Gasteiger partial charge is 0.497 e. The van der Waals surface area contributed by atoms with Gasteiger partial charge in [-0.05, 0) is 37.6 Å². The van der Waals surface area contributed by atoms with E-state index < -0.39 is 0 Å². The van der Waals surface area contributed by atoms with Crippen LogP contribution in [0.25, 0.3) is 10.2 Å². The van der Waals surface area contributed by atoms with Crippen LogP contribution in [0.5, 0.6) is 5.75 Å². The summed E-state index contributed by atoms with van der Waals surface area (Å²) in [6.07, 6.45) is 0. The molecule has 0 radical (unpaired) electrons. The van der Waals surface area contributed by atoms with Gasteiger partial charge >= 0.3 is 0 Å². The Balaban J connectivity index is 1.57. The highest BCUT2D eigenvalue weighted by Crippen LogP contribution is 2.30. The van der Waals surface area contributed by atoms with E-state index in [0.717, 1.165) is 26.4 Å². The summed E-state index contributed by atoms with van der Waals surface area (Å²) in [4.78, 5) is 36.4. The Morgan fingerprint density at radius 3 is 2.58 bits per heavy atom. The number of carbonyl (C=O) groups is 2. The molecule has 2 amide bonds. The summed E-state index contributed by atoms with van der Waals surface area (Å²) in [5.41, 5.74) is 2.21. The van der Waals surface area contributed by atoms with E-state index in [4.69, 9.17) is 4.74 Å². The Kier molecular flexibility index (Phi) is 5.77. The van der Waals surface area contributed by atoms with Crippen molar-refractivity contribution < 1.29 is 14.3 Å². The van der Waals surface area contributed by atoms with Crippen molar-refractivity contribution in [2.75, 3.05) is 25.5 Å². The number of hydrogen-bond donors (Lipinski definition) is 2. The van der Waals surface area contributed by atoms with Gasteiger partial charge in [-0.2, -0.15) is 0 Å². The first-order valence-corrected chi connectivity index (χ1v) is 10.9. The number of amides is 2. The van der Waals surface area contributed by atoms with Crippen molar-refractivity contribution in [3.05, 3.63) is 46.5 Å². The van der Waals surface area contributed by atoms with Crippen molar-refractivity contribution >= 4 is 39.3 Å². The molecule has 0 saturated carbocycles. The fraction of sp³-hybridized carbons (Fsp3) is 0.364. The zero-order chi connectivity index (χ0) is 22.1. The predicted octanol–water partition coefficient (Wildman–Crippen LogP) is 3.14. The van der Waals surface area contributed by atoms with Crippen LogP contribution in [0.3, 0.4) is 0 Å². The summed E-state index contributed by atoms with van der Waals surface area (Å²) in [6.45, 7) is 6.46. The molecule has 1 aliphatic heterocycles. The number of anilines is 1. The van der Waals surface area contributed by atoms with Gasteiger partial charge in [0.15, 0.2) is 5.69 Å². The van der Waals surface area contributed by atoms with Crippen molar-refractivity contribution in [3.63, 3.8) is 0 Å². The summed E-state index contributed by atoms with van der Waals surface area (Å²) < 4.78 is 6.00. The van der Waals surface area contributed by atoms with E-state index in [-0.39, 0.29) is 23.9 Å². The molecule has 31 heavy (non-hydrogen) atoms. The van der Waals surface area contributed by atoms with Gasteiger partial charge in [0, 0.05) is 24.9 Å². The normalized spacial score (nSPS) is 14.8. The van der Waals surface area contributed by atoms with Gasteiger partial charge in [-0.25, -0.2) is 9.97 Å². The molecule has 0 aliphatic carbocycles. The lowest BCUT2D eigenvalue weighted by Crippen LogP contribution is -2.60. The summed E-state index contributed by atoms with van der Waals surface area (Å²) in [6, 6.07) is 9.69. The first-order chi connectivity index (χ1) is 14.8. The second kappa shape index (κ2) is 8.50. The molecule has 8 nitrogen and oxygen atoms in total. The molecule has 0 bridgehead atoms. The van der Waals surface area contributed by atoms with Crippen LogP contribution < -0.4 is 15.4 Å². The Morgan fingerprint density at radius 2 is 1.94 bits per heavy atom. The van der Waals surface area contributed by atoms with E-state index in [2.05, 4.69) is 20.6 Å². The maximum atomic E-state index is 13.1. The third-order valence-electron chi connectivity index (χ3n) is 5.23. The Bertz CT molecular complexity index is 1120. The van der Waals surface area contributed by atoms with Gasteiger partial charge in [-0.15, -0.1) is 11.3 Å². The summed E-state index contributed by atoms with van der Waals surface area (Å²) in [7, 11) is 1.64. The van der Waals surface area contributed by atoms with Crippen molar-refractivity contribution in [2.45, 2.75) is 32.9 Å². The summed E-state index contributed by atoms with van der Waals surface area (Å²) in [5, 5.41) is 6.15. The molecule has 1 atom stereocenters. The number of benzene rings is 1. The van der Waals surface area contributed by atoms with Crippen LogP contribution in [0.15, 0.2) is 30.3 Å². The number of ether oxygens (including phenoxy) is 1. The van der Waals surface area contributed by atoms with Crippen LogP contribution in [0.1, 0.15) is 40.8 Å². The maximum Gasteiger partial charge on any atom is 0.274 e. The average Bonchev–Trinajstić information content (AvgIpc) is 3.09. The van der Waals surface area contributed by atoms with Crippen molar-refractivity contribution in [2.24, 2.45) is 0 Å². The number of carbonyl (C=O) groups excluding carboxylic acids is 2. The fourth-order valence-electron chi connectivity index (χ4n) is 3.60. The van der Waals surface area contributed by atoms with Gasteiger partial charge in [-0.1, -0.05) is 12.1 Å². The lowest BCUT2D eigenvalue weighted by atomic mass is 10.1. The van der Waals surface area contributed by atoms with Gasteiger partial charge in [0.1, 0.15) is 5.75 Å². The monoisotopic (exact) mass is 439 g/mol. The second-order valence-electron chi connectivity index (χ2n) is 7.71. The molecule has 0 unspecified atom stereocenters. The van der Waals surface area contributed by atoms with Crippen LogP contribution in [0, 0.1) is 6.92 Å². The highest BCUT2D eigenvalue weighted by Gasteiger charge is 2.33. The van der Waals surface area contributed by atoms with Crippen molar-refractivity contribution in [1.82, 2.24) is 20.2 Å². The number of fused-ring (bicyclic) bond motifs is 1. The van der Waals surface area contributed by atoms with Crippen LogP contribution in [-0.4, -0.2) is 52.9 Å². The van der Waals surface area contributed by atoms with E-state index in [1.54, 1.807) is 12.0 Å². The van der Waals surface area contributed by atoms with Gasteiger partial charge in [0.2, 0.25) is 11.9 Å². The minimum Gasteiger partial charge on any atom is -0.497 e. The number of aryl methyl sites for hydroxylation is 1. The van der Waals surface area contributed by atoms with Crippen molar-refractivity contribution in [1.29, 1.82) is 0 Å². The molecular formula is C22H25N5O3S. The molecule has 2 N–H and O–H groups in total. The number of rotatable bonds is 6. The third-order valence-corrected chi connectivity index (χ3v) is 6.28. The van der Waals surface area contributed by atoms with Gasteiger partial charge in [0.05, 0.1) is 29.4 Å². The van der Waals surface area contributed by atoms with E-state index >= 15 is 0 Å². The molecule has 0 spiro atoms. The van der Waals surface area contributed by atoms with E-state index in [0.29, 0.717) is 24.7 Å². The standard InChI is InChI=1S/C22H25N5O3S/c1-12-9-18-20(31-12)19(21(29)27-10-16(11-27)24-14(3)28)26-22(25-18)23-13(2)15-5-7-17(30-4)8-6-15/h5-9,13,16H,10-11H2,1-4H3,(H,24,28)(H,23,25,26)/t13-/m0/s1. The third kappa shape index (κ3) is 4.46. The lowest BCUT2D eigenvalue weighted by molar-refractivity contribution is -0.120. The first kappa shape index (κ1) is 21.0.